The largest absolute Gasteiger partial charge is 0.452 e. The first kappa shape index (κ1) is 18.7. The maximum atomic E-state index is 12.1. The Labute approximate surface area is 149 Å². The summed E-state index contributed by atoms with van der Waals surface area (Å²) in [6.07, 6.45) is 1.73. The zero-order chi connectivity index (χ0) is 18.2. The number of carbonyl (C=O) groups is 2. The van der Waals surface area contributed by atoms with Gasteiger partial charge >= 0.3 is 5.97 Å². The molecule has 0 spiro atoms. The lowest BCUT2D eigenvalue weighted by molar-refractivity contribution is -0.124. The van der Waals surface area contributed by atoms with E-state index < -0.39 is 5.97 Å². The summed E-state index contributed by atoms with van der Waals surface area (Å²) >= 11 is 0. The third-order valence-corrected chi connectivity index (χ3v) is 4.06. The lowest BCUT2D eigenvalue weighted by Crippen LogP contribution is -2.36. The van der Waals surface area contributed by atoms with Crippen molar-refractivity contribution in [3.63, 3.8) is 0 Å². The molecule has 0 aliphatic heterocycles. The van der Waals surface area contributed by atoms with Gasteiger partial charge in [0.25, 0.3) is 5.91 Å². The van der Waals surface area contributed by atoms with Gasteiger partial charge in [0.2, 0.25) is 0 Å². The van der Waals surface area contributed by atoms with Crippen molar-refractivity contribution in [3.05, 3.63) is 70.8 Å². The van der Waals surface area contributed by atoms with Crippen molar-refractivity contribution in [1.82, 2.24) is 5.32 Å². The van der Waals surface area contributed by atoms with E-state index in [1.165, 1.54) is 5.56 Å². The van der Waals surface area contributed by atoms with Gasteiger partial charge in [-0.3, -0.25) is 4.79 Å². The second-order valence-electron chi connectivity index (χ2n) is 6.39. The quantitative estimate of drug-likeness (QED) is 0.784. The van der Waals surface area contributed by atoms with E-state index in [4.69, 9.17) is 4.74 Å². The van der Waals surface area contributed by atoms with E-state index in [9.17, 15) is 9.59 Å². The maximum Gasteiger partial charge on any atom is 0.338 e. The number of aryl methyl sites for hydroxylation is 3. The third-order valence-electron chi connectivity index (χ3n) is 4.06. The highest BCUT2D eigenvalue weighted by atomic mass is 16.5. The molecule has 2 aromatic carbocycles. The van der Waals surface area contributed by atoms with Crippen molar-refractivity contribution >= 4 is 11.9 Å². The summed E-state index contributed by atoms with van der Waals surface area (Å²) in [6.45, 7) is 5.45. The lowest BCUT2D eigenvalue weighted by Gasteiger charge is -2.14. The molecule has 0 radical (unpaired) electrons. The Morgan fingerprint density at radius 3 is 2.52 bits per heavy atom. The highest BCUT2D eigenvalue weighted by Crippen LogP contribution is 2.12. The fourth-order valence-corrected chi connectivity index (χ4v) is 2.58. The van der Waals surface area contributed by atoms with Crippen molar-refractivity contribution in [2.75, 3.05) is 6.61 Å². The smallest absolute Gasteiger partial charge is 0.338 e. The van der Waals surface area contributed by atoms with Gasteiger partial charge in [-0.1, -0.05) is 48.0 Å². The number of hydrogen-bond acceptors (Lipinski definition) is 3. The Morgan fingerprint density at radius 1 is 1.08 bits per heavy atom. The molecule has 4 nitrogen and oxygen atoms in total. The fraction of sp³-hybridized carbons (Fsp3) is 0.333. The molecule has 1 N–H and O–H groups in total. The summed E-state index contributed by atoms with van der Waals surface area (Å²) in [5.41, 5.74) is 3.57. The monoisotopic (exact) mass is 339 g/mol. The topological polar surface area (TPSA) is 55.4 Å². The zero-order valence-corrected chi connectivity index (χ0v) is 15.0. The molecule has 25 heavy (non-hydrogen) atoms. The number of carbonyl (C=O) groups excluding carboxylic acids is 2. The molecule has 0 bridgehead atoms. The lowest BCUT2D eigenvalue weighted by atomic mass is 10.1. The van der Waals surface area contributed by atoms with E-state index in [1.54, 1.807) is 6.07 Å². The van der Waals surface area contributed by atoms with Crippen LogP contribution in [0.3, 0.4) is 0 Å². The number of amides is 1. The second-order valence-corrected chi connectivity index (χ2v) is 6.39. The number of esters is 1. The van der Waals surface area contributed by atoms with Crippen LogP contribution in [0.4, 0.5) is 0 Å². The summed E-state index contributed by atoms with van der Waals surface area (Å²) < 4.78 is 5.14. The van der Waals surface area contributed by atoms with Crippen LogP contribution >= 0.6 is 0 Å². The molecule has 0 unspecified atom stereocenters. The molecule has 0 saturated heterocycles. The highest BCUT2D eigenvalue weighted by molar-refractivity contribution is 5.92. The van der Waals surface area contributed by atoms with Crippen LogP contribution in [0.15, 0.2) is 48.5 Å². The summed E-state index contributed by atoms with van der Waals surface area (Å²) in [7, 11) is 0. The Hall–Kier alpha value is -2.62. The SMILES string of the molecule is Cc1ccc(C)c(C(=O)OCC(=O)N[C@@H](C)CCc2ccccc2)c1. The van der Waals surface area contributed by atoms with Crippen LogP contribution in [-0.4, -0.2) is 24.5 Å². The summed E-state index contributed by atoms with van der Waals surface area (Å²) in [6, 6.07) is 15.7. The van der Waals surface area contributed by atoms with E-state index in [0.717, 1.165) is 24.0 Å². The molecule has 0 heterocycles. The second kappa shape index (κ2) is 9.02. The molecule has 1 atom stereocenters. The average molecular weight is 339 g/mol. The molecule has 4 heteroatoms. The van der Waals surface area contributed by atoms with E-state index in [2.05, 4.69) is 17.4 Å². The Morgan fingerprint density at radius 2 is 1.80 bits per heavy atom. The van der Waals surface area contributed by atoms with Crippen LogP contribution in [0.25, 0.3) is 0 Å². The minimum Gasteiger partial charge on any atom is -0.452 e. The van der Waals surface area contributed by atoms with E-state index in [1.807, 2.05) is 51.1 Å². The van der Waals surface area contributed by atoms with E-state index in [-0.39, 0.29) is 18.6 Å². The molecule has 0 aliphatic rings. The molecule has 0 aromatic heterocycles. The Bertz CT molecular complexity index is 725. The first-order valence-corrected chi connectivity index (χ1v) is 8.53. The Kier molecular flexibility index (Phi) is 6.75. The molecule has 2 rings (SSSR count). The van der Waals surface area contributed by atoms with Crippen LogP contribution in [0.5, 0.6) is 0 Å². The molecule has 0 fully saturated rings. The Balaban J connectivity index is 1.76. The molecule has 1 amide bonds. The van der Waals surface area contributed by atoms with Crippen molar-refractivity contribution in [1.29, 1.82) is 0 Å². The number of ether oxygens (including phenoxy) is 1. The van der Waals surface area contributed by atoms with E-state index in [0.29, 0.717) is 5.56 Å². The zero-order valence-electron chi connectivity index (χ0n) is 15.0. The number of benzene rings is 2. The van der Waals surface area contributed by atoms with Gasteiger partial charge < -0.3 is 10.1 Å². The molecular weight excluding hydrogens is 314 g/mol. The molecular formula is C21H25NO3. The maximum absolute atomic E-state index is 12.1. The molecule has 0 saturated carbocycles. The number of nitrogens with one attached hydrogen (secondary N) is 1. The highest BCUT2D eigenvalue weighted by Gasteiger charge is 2.14. The molecule has 2 aromatic rings. The van der Waals surface area contributed by atoms with Crippen LogP contribution in [0, 0.1) is 13.8 Å². The minimum absolute atomic E-state index is 0.0205. The van der Waals surface area contributed by atoms with Gasteiger partial charge in [-0.25, -0.2) is 4.79 Å². The fourth-order valence-electron chi connectivity index (χ4n) is 2.58. The van der Waals surface area contributed by atoms with Gasteiger partial charge in [0, 0.05) is 6.04 Å². The van der Waals surface area contributed by atoms with Crippen molar-refractivity contribution in [2.45, 2.75) is 39.7 Å². The summed E-state index contributed by atoms with van der Waals surface area (Å²) in [5, 5.41) is 2.87. The predicted molar refractivity (Wildman–Crippen MR) is 98.6 cm³/mol. The van der Waals surface area contributed by atoms with Crippen molar-refractivity contribution in [3.8, 4) is 0 Å². The van der Waals surface area contributed by atoms with Gasteiger partial charge in [0.05, 0.1) is 5.56 Å². The van der Waals surface area contributed by atoms with Crippen LogP contribution in [0.2, 0.25) is 0 Å². The third kappa shape index (κ3) is 6.07. The first-order chi connectivity index (χ1) is 12.0. The first-order valence-electron chi connectivity index (χ1n) is 8.53. The number of hydrogen-bond donors (Lipinski definition) is 1. The van der Waals surface area contributed by atoms with Gasteiger partial charge in [-0.15, -0.1) is 0 Å². The van der Waals surface area contributed by atoms with Gasteiger partial charge in [0.1, 0.15) is 0 Å². The molecule has 132 valence electrons. The van der Waals surface area contributed by atoms with Crippen molar-refractivity contribution < 1.29 is 14.3 Å². The summed E-state index contributed by atoms with van der Waals surface area (Å²) in [4.78, 5) is 24.1. The minimum atomic E-state index is -0.465. The number of rotatable bonds is 7. The normalized spacial score (nSPS) is 11.6. The van der Waals surface area contributed by atoms with Crippen LogP contribution < -0.4 is 5.32 Å². The molecule has 0 aliphatic carbocycles. The van der Waals surface area contributed by atoms with E-state index >= 15 is 0 Å². The van der Waals surface area contributed by atoms with Gasteiger partial charge in [-0.2, -0.15) is 0 Å². The standard InChI is InChI=1S/C21H25NO3/c1-15-9-10-16(2)19(13-15)21(24)25-14-20(23)22-17(3)11-12-18-7-5-4-6-8-18/h4-10,13,17H,11-12,14H2,1-3H3,(H,22,23)/t17-/m0/s1. The van der Waals surface area contributed by atoms with Gasteiger partial charge in [-0.05, 0) is 50.8 Å². The van der Waals surface area contributed by atoms with Crippen LogP contribution in [-0.2, 0) is 16.0 Å². The predicted octanol–water partition coefficient (Wildman–Crippen LogP) is 3.60. The van der Waals surface area contributed by atoms with Gasteiger partial charge in [0.15, 0.2) is 6.61 Å². The van der Waals surface area contributed by atoms with Crippen molar-refractivity contribution in [2.24, 2.45) is 0 Å². The average Bonchev–Trinajstić information content (AvgIpc) is 2.61. The summed E-state index contributed by atoms with van der Waals surface area (Å²) in [5.74, 6) is -0.743. The van der Waals surface area contributed by atoms with Crippen LogP contribution in [0.1, 0.15) is 40.4 Å².